The van der Waals surface area contributed by atoms with Crippen molar-refractivity contribution in [1.82, 2.24) is 19.9 Å². The minimum Gasteiger partial charge on any atom is -0.455 e. The summed E-state index contributed by atoms with van der Waals surface area (Å²) in [5.74, 6) is 1.83. The SMILES string of the molecule is c1ccc(-c2nc(-c3ccc(-c4cccc5c4oc4ccccc45)cc3)nc(-c3ccc(-c4nc5cccc(-c6ccccc6)c5c5c4sc4ccccc45)cc3)n2)cc1. The summed E-state index contributed by atoms with van der Waals surface area (Å²) in [6, 6.07) is 67.2. The quantitative estimate of drug-likeness (QED) is 0.168. The van der Waals surface area contributed by atoms with Crippen LogP contribution in [-0.2, 0) is 0 Å². The molecule has 12 rings (SSSR count). The molecule has 0 saturated carbocycles. The minimum atomic E-state index is 0.604. The molecular formula is C54H32N4OS. The molecule has 0 bridgehead atoms. The van der Waals surface area contributed by atoms with Gasteiger partial charge >= 0.3 is 0 Å². The Hall–Kier alpha value is -7.80. The molecule has 12 aromatic rings. The summed E-state index contributed by atoms with van der Waals surface area (Å²) in [4.78, 5) is 20.5. The molecule has 280 valence electrons. The molecule has 0 atom stereocenters. The average Bonchev–Trinajstić information content (AvgIpc) is 3.91. The van der Waals surface area contributed by atoms with Crippen molar-refractivity contribution in [1.29, 1.82) is 0 Å². The summed E-state index contributed by atoms with van der Waals surface area (Å²) in [5, 5.41) is 5.90. The molecule has 0 radical (unpaired) electrons. The number of pyridine rings is 1. The van der Waals surface area contributed by atoms with Crippen molar-refractivity contribution in [3.8, 4) is 67.7 Å². The van der Waals surface area contributed by atoms with Crippen molar-refractivity contribution >= 4 is 64.4 Å². The third kappa shape index (κ3) is 5.69. The van der Waals surface area contributed by atoms with Gasteiger partial charge in [-0.25, -0.2) is 19.9 Å². The lowest BCUT2D eigenvalue weighted by atomic mass is 9.95. The Morgan fingerprint density at radius 1 is 0.350 bits per heavy atom. The smallest absolute Gasteiger partial charge is 0.164 e. The highest BCUT2D eigenvalue weighted by Crippen LogP contribution is 2.45. The van der Waals surface area contributed by atoms with Crippen LogP contribution in [0, 0.1) is 0 Å². The Labute approximate surface area is 348 Å². The number of benzene rings is 8. The van der Waals surface area contributed by atoms with Gasteiger partial charge in [-0.15, -0.1) is 11.3 Å². The number of rotatable bonds is 6. The van der Waals surface area contributed by atoms with Crippen LogP contribution in [0.2, 0.25) is 0 Å². The maximum absolute atomic E-state index is 6.36. The molecular weight excluding hydrogens is 753 g/mol. The number of furan rings is 1. The molecule has 0 aliphatic heterocycles. The van der Waals surface area contributed by atoms with Crippen molar-refractivity contribution < 1.29 is 4.42 Å². The highest BCUT2D eigenvalue weighted by Gasteiger charge is 2.20. The van der Waals surface area contributed by atoms with Crippen LogP contribution in [0.4, 0.5) is 0 Å². The summed E-state index contributed by atoms with van der Waals surface area (Å²) >= 11 is 1.80. The predicted molar refractivity (Wildman–Crippen MR) is 248 cm³/mol. The van der Waals surface area contributed by atoms with Gasteiger partial charge in [0.1, 0.15) is 11.2 Å². The van der Waals surface area contributed by atoms with Gasteiger partial charge in [0.05, 0.1) is 15.9 Å². The molecule has 4 aromatic heterocycles. The van der Waals surface area contributed by atoms with Gasteiger partial charge in [0.2, 0.25) is 0 Å². The van der Waals surface area contributed by atoms with E-state index < -0.39 is 0 Å². The second-order valence-corrected chi connectivity index (χ2v) is 16.0. The molecule has 5 nitrogen and oxygen atoms in total. The van der Waals surface area contributed by atoms with Crippen molar-refractivity contribution in [2.45, 2.75) is 0 Å². The lowest BCUT2D eigenvalue weighted by molar-refractivity contribution is 0.670. The molecule has 0 fully saturated rings. The highest BCUT2D eigenvalue weighted by atomic mass is 32.1. The number of thiophene rings is 1. The average molecular weight is 785 g/mol. The zero-order valence-electron chi connectivity index (χ0n) is 32.1. The molecule has 0 aliphatic carbocycles. The fourth-order valence-electron chi connectivity index (χ4n) is 8.48. The third-order valence-corrected chi connectivity index (χ3v) is 12.5. The first-order valence-electron chi connectivity index (χ1n) is 20.0. The van der Waals surface area contributed by atoms with Gasteiger partial charge in [0, 0.05) is 59.4 Å². The van der Waals surface area contributed by atoms with Crippen LogP contribution in [-0.4, -0.2) is 19.9 Å². The summed E-state index contributed by atoms with van der Waals surface area (Å²) < 4.78 is 8.78. The highest BCUT2D eigenvalue weighted by molar-refractivity contribution is 7.26. The molecule has 0 N–H and O–H groups in total. The maximum Gasteiger partial charge on any atom is 0.164 e. The van der Waals surface area contributed by atoms with Crippen LogP contribution in [0.25, 0.3) is 121 Å². The predicted octanol–water partition coefficient (Wildman–Crippen LogP) is 14.7. The van der Waals surface area contributed by atoms with E-state index in [0.717, 1.165) is 66.5 Å². The summed E-state index contributed by atoms with van der Waals surface area (Å²) in [7, 11) is 0. The lowest BCUT2D eigenvalue weighted by Gasteiger charge is -2.12. The number of fused-ring (bicyclic) bond motifs is 8. The monoisotopic (exact) mass is 784 g/mol. The first-order valence-corrected chi connectivity index (χ1v) is 20.8. The minimum absolute atomic E-state index is 0.604. The molecule has 0 saturated heterocycles. The van der Waals surface area contributed by atoms with Gasteiger partial charge in [-0.05, 0) is 34.9 Å². The summed E-state index contributed by atoms with van der Waals surface area (Å²) in [6.45, 7) is 0. The third-order valence-electron chi connectivity index (χ3n) is 11.4. The second-order valence-electron chi connectivity index (χ2n) is 14.9. The van der Waals surface area contributed by atoms with Crippen LogP contribution >= 0.6 is 11.3 Å². The van der Waals surface area contributed by atoms with Gasteiger partial charge in [0.15, 0.2) is 17.5 Å². The van der Waals surface area contributed by atoms with E-state index in [9.17, 15) is 0 Å². The van der Waals surface area contributed by atoms with Crippen molar-refractivity contribution in [2.24, 2.45) is 0 Å². The number of hydrogen-bond acceptors (Lipinski definition) is 6. The van der Waals surface area contributed by atoms with E-state index in [-0.39, 0.29) is 0 Å². The van der Waals surface area contributed by atoms with E-state index in [4.69, 9.17) is 24.4 Å². The van der Waals surface area contributed by atoms with E-state index in [0.29, 0.717) is 17.5 Å². The Balaban J connectivity index is 0.958. The zero-order chi connectivity index (χ0) is 39.6. The Kier molecular flexibility index (Phi) is 7.96. The largest absolute Gasteiger partial charge is 0.455 e. The van der Waals surface area contributed by atoms with Gasteiger partial charge in [-0.2, -0.15) is 0 Å². The lowest BCUT2D eigenvalue weighted by Crippen LogP contribution is -2.00. The molecule has 0 spiro atoms. The molecule has 8 aromatic carbocycles. The maximum atomic E-state index is 6.36. The van der Waals surface area contributed by atoms with E-state index in [1.54, 1.807) is 11.3 Å². The summed E-state index contributed by atoms with van der Waals surface area (Å²) in [5.41, 5.74) is 11.9. The molecule has 0 unspecified atom stereocenters. The molecule has 0 amide bonds. The second kappa shape index (κ2) is 13.9. The van der Waals surface area contributed by atoms with E-state index in [1.165, 1.54) is 36.7 Å². The van der Waals surface area contributed by atoms with Crippen molar-refractivity contribution in [3.05, 3.63) is 194 Å². The van der Waals surface area contributed by atoms with Crippen LogP contribution < -0.4 is 0 Å². The van der Waals surface area contributed by atoms with Crippen LogP contribution in [0.5, 0.6) is 0 Å². The van der Waals surface area contributed by atoms with E-state index >= 15 is 0 Å². The van der Waals surface area contributed by atoms with Crippen LogP contribution in [0.15, 0.2) is 199 Å². The van der Waals surface area contributed by atoms with Crippen molar-refractivity contribution in [3.63, 3.8) is 0 Å². The fourth-order valence-corrected chi connectivity index (χ4v) is 9.70. The molecule has 6 heteroatoms. The Morgan fingerprint density at radius 2 is 0.867 bits per heavy atom. The number of nitrogens with zero attached hydrogens (tertiary/aromatic N) is 4. The Morgan fingerprint density at radius 3 is 1.58 bits per heavy atom. The number of hydrogen-bond donors (Lipinski definition) is 0. The van der Waals surface area contributed by atoms with E-state index in [1.807, 2.05) is 48.5 Å². The molecule has 4 heterocycles. The van der Waals surface area contributed by atoms with Crippen LogP contribution in [0.3, 0.4) is 0 Å². The topological polar surface area (TPSA) is 64.7 Å². The van der Waals surface area contributed by atoms with Gasteiger partial charge < -0.3 is 4.42 Å². The number of aromatic nitrogens is 4. The van der Waals surface area contributed by atoms with Gasteiger partial charge in [-0.1, -0.05) is 176 Å². The first-order chi connectivity index (χ1) is 29.7. The van der Waals surface area contributed by atoms with E-state index in [2.05, 4.69) is 146 Å². The van der Waals surface area contributed by atoms with Gasteiger partial charge in [0.25, 0.3) is 0 Å². The fraction of sp³-hybridized carbons (Fsp3) is 0. The summed E-state index contributed by atoms with van der Waals surface area (Å²) in [6.07, 6.45) is 0. The first kappa shape index (κ1) is 34.3. The normalized spacial score (nSPS) is 11.7. The standard InChI is InChI=1S/C54H32N4OS/c1-3-13-33(14-4-1)39-19-12-22-44-47(39)48-43-18-8-10-24-46(43)60-51(48)49(55-44)35-27-31-38(32-28-35)54-57-52(36-15-5-2-6-16-36)56-53(58-54)37-29-25-34(26-30-37)40-20-11-21-42-41-17-7-9-23-45(41)59-50(40)42/h1-32H. The van der Waals surface area contributed by atoms with Crippen LogP contribution in [0.1, 0.15) is 0 Å². The van der Waals surface area contributed by atoms with Crippen molar-refractivity contribution in [2.75, 3.05) is 0 Å². The van der Waals surface area contributed by atoms with Gasteiger partial charge in [-0.3, -0.25) is 0 Å². The molecule has 60 heavy (non-hydrogen) atoms. The Bertz CT molecular complexity index is 3580. The molecule has 0 aliphatic rings. The zero-order valence-corrected chi connectivity index (χ0v) is 32.9. The number of para-hydroxylation sites is 2.